The normalized spacial score (nSPS) is 20.6. The average Bonchev–Trinajstić information content (AvgIpc) is 2.46. The van der Waals surface area contributed by atoms with Gasteiger partial charge >= 0.3 is 5.51 Å². The lowest BCUT2D eigenvalue weighted by Crippen LogP contribution is -2.50. The number of morpholine rings is 1. The Balaban J connectivity index is 2.51. The van der Waals surface area contributed by atoms with Gasteiger partial charge in [0, 0.05) is 13.1 Å². The van der Waals surface area contributed by atoms with E-state index in [-0.39, 0.29) is 31.4 Å². The zero-order chi connectivity index (χ0) is 15.7. The topological polar surface area (TPSA) is 72.6 Å². The van der Waals surface area contributed by atoms with Crippen LogP contribution in [0, 0.1) is 0 Å². The molecule has 1 aromatic carbocycles. The van der Waals surface area contributed by atoms with Crippen molar-refractivity contribution in [1.29, 1.82) is 0 Å². The van der Waals surface area contributed by atoms with Crippen molar-refractivity contribution in [1.82, 2.24) is 0 Å². The Morgan fingerprint density at radius 3 is 2.62 bits per heavy atom. The first-order chi connectivity index (χ1) is 9.79. The molecule has 1 saturated heterocycles. The second-order valence-electron chi connectivity index (χ2n) is 4.57. The summed E-state index contributed by atoms with van der Waals surface area (Å²) in [5.41, 5.74) is 0.251. The summed E-state index contributed by atoms with van der Waals surface area (Å²) in [6.45, 7) is 0.987. The highest BCUT2D eigenvalue weighted by atomic mass is 32.2. The number of ether oxygens (including phenoxy) is 1. The van der Waals surface area contributed by atoms with Crippen molar-refractivity contribution in [3.05, 3.63) is 24.3 Å². The minimum Gasteiger partial charge on any atom is -0.377 e. The first kappa shape index (κ1) is 16.1. The van der Waals surface area contributed by atoms with Gasteiger partial charge in [-0.25, -0.2) is 8.42 Å². The van der Waals surface area contributed by atoms with Gasteiger partial charge in [-0.2, -0.15) is 13.2 Å². The van der Waals surface area contributed by atoms with Crippen molar-refractivity contribution in [3.63, 3.8) is 0 Å². The third kappa shape index (κ3) is 2.99. The van der Waals surface area contributed by atoms with E-state index in [1.165, 1.54) is 18.2 Å². The van der Waals surface area contributed by atoms with Crippen molar-refractivity contribution < 1.29 is 26.3 Å². The molecule has 2 N–H and O–H groups in total. The Labute approximate surface area is 120 Å². The molecule has 1 aliphatic heterocycles. The van der Waals surface area contributed by atoms with Crippen LogP contribution in [0.4, 0.5) is 18.9 Å². The molecule has 1 unspecified atom stereocenters. The van der Waals surface area contributed by atoms with Crippen LogP contribution in [0.2, 0.25) is 0 Å². The van der Waals surface area contributed by atoms with E-state index in [0.717, 1.165) is 6.07 Å². The predicted octanol–water partition coefficient (Wildman–Crippen LogP) is 1.14. The summed E-state index contributed by atoms with van der Waals surface area (Å²) in [6.07, 6.45) is 0. The van der Waals surface area contributed by atoms with Gasteiger partial charge in [-0.1, -0.05) is 12.1 Å². The molecule has 118 valence electrons. The Morgan fingerprint density at radius 1 is 1.33 bits per heavy atom. The van der Waals surface area contributed by atoms with Crippen LogP contribution in [-0.4, -0.2) is 46.3 Å². The molecule has 0 amide bonds. The van der Waals surface area contributed by atoms with Crippen LogP contribution in [0.3, 0.4) is 0 Å². The van der Waals surface area contributed by atoms with E-state index in [0.29, 0.717) is 6.61 Å². The van der Waals surface area contributed by atoms with Gasteiger partial charge in [-0.3, -0.25) is 0 Å². The van der Waals surface area contributed by atoms with Crippen LogP contribution in [0.1, 0.15) is 0 Å². The van der Waals surface area contributed by atoms with Crippen LogP contribution in [0.5, 0.6) is 0 Å². The monoisotopic (exact) mass is 324 g/mol. The van der Waals surface area contributed by atoms with Gasteiger partial charge in [-0.05, 0) is 12.1 Å². The number of hydrogen-bond acceptors (Lipinski definition) is 5. The number of benzene rings is 1. The highest BCUT2D eigenvalue weighted by Crippen LogP contribution is 2.36. The minimum atomic E-state index is -5.41. The zero-order valence-electron chi connectivity index (χ0n) is 11.0. The molecule has 0 aromatic heterocycles. The van der Waals surface area contributed by atoms with E-state index >= 15 is 0 Å². The zero-order valence-corrected chi connectivity index (χ0v) is 11.8. The maximum Gasteiger partial charge on any atom is 0.501 e. The Hall–Kier alpha value is -1.32. The fourth-order valence-electron chi connectivity index (χ4n) is 2.21. The summed E-state index contributed by atoms with van der Waals surface area (Å²) >= 11 is 0. The van der Waals surface area contributed by atoms with Gasteiger partial charge < -0.3 is 15.4 Å². The smallest absolute Gasteiger partial charge is 0.377 e. The first-order valence-corrected chi connectivity index (χ1v) is 7.72. The standard InChI is InChI=1S/C12H15F3N2O3S/c13-12(14,15)21(18,19)11-4-2-1-3-10(11)17-5-6-20-8-9(17)7-16/h1-4,9H,5-8,16H2. The predicted molar refractivity (Wildman–Crippen MR) is 70.7 cm³/mol. The second kappa shape index (κ2) is 5.82. The molecular weight excluding hydrogens is 309 g/mol. The van der Waals surface area contributed by atoms with Crippen molar-refractivity contribution in [2.75, 3.05) is 31.2 Å². The van der Waals surface area contributed by atoms with Crippen LogP contribution in [0.25, 0.3) is 0 Å². The number of anilines is 1. The van der Waals surface area contributed by atoms with Crippen molar-refractivity contribution in [2.24, 2.45) is 5.73 Å². The van der Waals surface area contributed by atoms with E-state index in [9.17, 15) is 21.6 Å². The van der Waals surface area contributed by atoms with Crippen molar-refractivity contribution in [3.8, 4) is 0 Å². The van der Waals surface area contributed by atoms with E-state index in [1.54, 1.807) is 4.90 Å². The summed E-state index contributed by atoms with van der Waals surface area (Å²) in [7, 11) is -5.41. The van der Waals surface area contributed by atoms with Gasteiger partial charge in [0.2, 0.25) is 0 Å². The van der Waals surface area contributed by atoms with Crippen LogP contribution in [-0.2, 0) is 14.6 Å². The number of nitrogens with zero attached hydrogens (tertiary/aromatic N) is 1. The fourth-order valence-corrected chi connectivity index (χ4v) is 3.18. The van der Waals surface area contributed by atoms with E-state index in [4.69, 9.17) is 10.5 Å². The molecule has 0 spiro atoms. The number of sulfone groups is 1. The highest BCUT2D eigenvalue weighted by molar-refractivity contribution is 7.92. The molecule has 21 heavy (non-hydrogen) atoms. The quantitative estimate of drug-likeness (QED) is 0.903. The van der Waals surface area contributed by atoms with E-state index < -0.39 is 20.2 Å². The van der Waals surface area contributed by atoms with Crippen molar-refractivity contribution >= 4 is 15.5 Å². The molecule has 1 aliphatic rings. The lowest BCUT2D eigenvalue weighted by molar-refractivity contribution is -0.0435. The Morgan fingerprint density at radius 2 is 2.00 bits per heavy atom. The molecule has 0 aliphatic carbocycles. The number of halogens is 3. The molecule has 1 atom stereocenters. The number of para-hydroxylation sites is 1. The molecular formula is C12H15F3N2O3S. The number of nitrogens with two attached hydrogens (primary N) is 1. The molecule has 2 rings (SSSR count). The molecule has 1 heterocycles. The van der Waals surface area contributed by atoms with Crippen LogP contribution < -0.4 is 10.6 Å². The van der Waals surface area contributed by atoms with E-state index in [1.807, 2.05) is 0 Å². The molecule has 9 heteroatoms. The summed E-state index contributed by atoms with van der Waals surface area (Å²) in [5.74, 6) is 0. The largest absolute Gasteiger partial charge is 0.501 e. The maximum absolute atomic E-state index is 12.8. The minimum absolute atomic E-state index is 0.00794. The molecule has 0 saturated carbocycles. The lowest BCUT2D eigenvalue weighted by atomic mass is 10.2. The fraction of sp³-hybridized carbons (Fsp3) is 0.500. The number of hydrogen-bond donors (Lipinski definition) is 1. The third-order valence-electron chi connectivity index (χ3n) is 3.27. The van der Waals surface area contributed by atoms with Gasteiger partial charge in [0.05, 0.1) is 29.8 Å². The van der Waals surface area contributed by atoms with E-state index in [2.05, 4.69) is 0 Å². The molecule has 0 bridgehead atoms. The van der Waals surface area contributed by atoms with Gasteiger partial charge in [0.1, 0.15) is 0 Å². The number of rotatable bonds is 3. The molecule has 1 aromatic rings. The molecule has 5 nitrogen and oxygen atoms in total. The lowest BCUT2D eigenvalue weighted by Gasteiger charge is -2.37. The Kier molecular flexibility index (Phi) is 4.45. The SMILES string of the molecule is NCC1COCCN1c1ccccc1S(=O)(=O)C(F)(F)F. The summed E-state index contributed by atoms with van der Waals surface area (Å²) in [4.78, 5) is 0.806. The molecule has 1 fully saturated rings. The highest BCUT2D eigenvalue weighted by Gasteiger charge is 2.48. The van der Waals surface area contributed by atoms with Crippen molar-refractivity contribution in [2.45, 2.75) is 16.4 Å². The second-order valence-corrected chi connectivity index (χ2v) is 6.48. The van der Waals surface area contributed by atoms with Crippen LogP contribution >= 0.6 is 0 Å². The average molecular weight is 324 g/mol. The maximum atomic E-state index is 12.8. The number of alkyl halides is 3. The summed E-state index contributed by atoms with van der Waals surface area (Å²) in [5, 5.41) is 0. The third-order valence-corrected chi connectivity index (χ3v) is 4.80. The molecule has 0 radical (unpaired) electrons. The van der Waals surface area contributed by atoms with Gasteiger partial charge in [-0.15, -0.1) is 0 Å². The van der Waals surface area contributed by atoms with Gasteiger partial charge in [0.25, 0.3) is 9.84 Å². The Bertz CT molecular complexity index is 604. The summed E-state index contributed by atoms with van der Waals surface area (Å²) in [6, 6.07) is 4.71. The van der Waals surface area contributed by atoms with Crippen LogP contribution in [0.15, 0.2) is 29.2 Å². The summed E-state index contributed by atoms with van der Waals surface area (Å²) < 4.78 is 67.0. The first-order valence-electron chi connectivity index (χ1n) is 6.24. The van der Waals surface area contributed by atoms with Gasteiger partial charge in [0.15, 0.2) is 0 Å².